The van der Waals surface area contributed by atoms with Crippen molar-refractivity contribution in [2.45, 2.75) is 109 Å². The maximum atomic E-state index is 13.6. The van der Waals surface area contributed by atoms with Gasteiger partial charge in [-0.2, -0.15) is 0 Å². The van der Waals surface area contributed by atoms with Crippen molar-refractivity contribution in [2.75, 3.05) is 13.1 Å². The van der Waals surface area contributed by atoms with Gasteiger partial charge in [0, 0.05) is 19.1 Å². The lowest BCUT2D eigenvalue weighted by molar-refractivity contribution is -0.137. The van der Waals surface area contributed by atoms with E-state index in [-0.39, 0.29) is 31.8 Å². The van der Waals surface area contributed by atoms with Crippen molar-refractivity contribution in [2.24, 2.45) is 5.41 Å². The Morgan fingerprint density at radius 1 is 1.14 bits per heavy atom. The van der Waals surface area contributed by atoms with Crippen LogP contribution in [0.3, 0.4) is 0 Å². The Labute approximate surface area is 220 Å². The van der Waals surface area contributed by atoms with Crippen molar-refractivity contribution in [3.63, 3.8) is 0 Å². The van der Waals surface area contributed by atoms with E-state index >= 15 is 0 Å². The molecule has 3 amide bonds. The Bertz CT molecular complexity index is 982. The van der Waals surface area contributed by atoms with E-state index in [4.69, 9.17) is 4.74 Å². The summed E-state index contributed by atoms with van der Waals surface area (Å²) >= 11 is 0. The minimum atomic E-state index is -3.74. The number of sulfonamides is 1. The fraction of sp³-hybridized carbons (Fsp3) is 0.800. The Balaban J connectivity index is 2.18. The number of β-amino-alcohol motifs (C(OH)–C–C–N with tert-alkyl or cyclic N) is 1. The summed E-state index contributed by atoms with van der Waals surface area (Å²) in [4.78, 5) is 40.6. The number of nitrogens with zero attached hydrogens (tertiary/aromatic N) is 1. The van der Waals surface area contributed by atoms with Gasteiger partial charge in [0.25, 0.3) is 5.91 Å². The molecule has 212 valence electrons. The third-order valence-corrected chi connectivity index (χ3v) is 8.25. The van der Waals surface area contributed by atoms with Crippen LogP contribution in [-0.4, -0.2) is 84.0 Å². The second-order valence-corrected chi connectivity index (χ2v) is 14.3. The number of likely N-dealkylation sites (tertiary alicyclic amines) is 1. The van der Waals surface area contributed by atoms with Crippen LogP contribution in [0.5, 0.6) is 0 Å². The highest BCUT2D eigenvalue weighted by molar-refractivity contribution is 7.90. The largest absolute Gasteiger partial charge is 0.444 e. The number of carbonyl (C=O) groups is 3. The number of alkyl carbamates (subject to hydrolysis) is 1. The van der Waals surface area contributed by atoms with Crippen LogP contribution in [0.15, 0.2) is 12.7 Å². The first-order valence-corrected chi connectivity index (χ1v) is 14.2. The number of rotatable bonds is 10. The SMILES string of the molecule is C=CC[C@@](C)(NC[C@@H]1C[C@@H](O)CN1C(=O)[C@@H](NC(=O)OC(C)(C)C)C(C)(C)C)C(=O)NS(=O)(=O)C1CC1. The number of amides is 3. The first-order valence-electron chi connectivity index (χ1n) is 12.7. The predicted octanol–water partition coefficient (Wildman–Crippen LogP) is 1.42. The normalized spacial score (nSPS) is 23.1. The molecule has 11 nitrogen and oxygen atoms in total. The fourth-order valence-corrected chi connectivity index (χ4v) is 5.58. The number of nitrogens with one attached hydrogen (secondary N) is 3. The number of hydrogen-bond donors (Lipinski definition) is 4. The molecule has 0 aromatic carbocycles. The van der Waals surface area contributed by atoms with E-state index in [1.807, 2.05) is 20.8 Å². The highest BCUT2D eigenvalue weighted by Crippen LogP contribution is 2.29. The molecule has 0 aromatic rings. The van der Waals surface area contributed by atoms with Gasteiger partial charge >= 0.3 is 6.09 Å². The summed E-state index contributed by atoms with van der Waals surface area (Å²) < 4.78 is 32.2. The number of ether oxygens (including phenoxy) is 1. The highest BCUT2D eigenvalue weighted by atomic mass is 32.2. The molecule has 0 spiro atoms. The Morgan fingerprint density at radius 2 is 1.73 bits per heavy atom. The zero-order chi connectivity index (χ0) is 28.4. The van der Waals surface area contributed by atoms with Crippen molar-refractivity contribution in [3.8, 4) is 0 Å². The van der Waals surface area contributed by atoms with Gasteiger partial charge in [-0.1, -0.05) is 26.8 Å². The maximum Gasteiger partial charge on any atom is 0.408 e. The van der Waals surface area contributed by atoms with E-state index < -0.39 is 62.0 Å². The molecule has 2 fully saturated rings. The lowest BCUT2D eigenvalue weighted by Gasteiger charge is -2.37. The van der Waals surface area contributed by atoms with Crippen molar-refractivity contribution >= 4 is 27.9 Å². The monoisotopic (exact) mass is 544 g/mol. The standard InChI is InChI=1S/C25H44N4O7S/c1-9-12-25(8,21(32)28-37(34,35)18-10-11-18)26-14-16-13-17(30)15-29(16)20(31)19(23(2,3)4)27-22(33)36-24(5,6)7/h9,16-19,26,30H,1,10-15H2,2-8H3,(H,27,33)(H,28,32)/t16-,17+,19+,25+/m0/s1. The van der Waals surface area contributed by atoms with Gasteiger partial charge in [-0.15, -0.1) is 6.58 Å². The molecule has 1 aliphatic heterocycles. The van der Waals surface area contributed by atoms with Gasteiger partial charge in [-0.05, 0) is 58.8 Å². The Morgan fingerprint density at radius 3 is 2.22 bits per heavy atom. The van der Waals surface area contributed by atoms with Crippen LogP contribution >= 0.6 is 0 Å². The average molecular weight is 545 g/mol. The lowest BCUT2D eigenvalue weighted by atomic mass is 9.85. The minimum Gasteiger partial charge on any atom is -0.444 e. The number of carbonyl (C=O) groups excluding carboxylic acids is 3. The van der Waals surface area contributed by atoms with Crippen LogP contribution in [0.1, 0.15) is 74.1 Å². The quantitative estimate of drug-likeness (QED) is 0.301. The van der Waals surface area contributed by atoms with E-state index in [9.17, 15) is 27.9 Å². The minimum absolute atomic E-state index is 0.0637. The summed E-state index contributed by atoms with van der Waals surface area (Å²) in [6.07, 6.45) is 1.47. The van der Waals surface area contributed by atoms with Gasteiger partial charge in [0.05, 0.1) is 16.9 Å². The lowest BCUT2D eigenvalue weighted by Crippen LogP contribution is -2.60. The second kappa shape index (κ2) is 11.3. The second-order valence-electron chi connectivity index (χ2n) is 12.4. The van der Waals surface area contributed by atoms with Gasteiger partial charge in [0.15, 0.2) is 0 Å². The number of aliphatic hydroxyl groups excluding tert-OH is 1. The van der Waals surface area contributed by atoms with Gasteiger partial charge in [-0.3, -0.25) is 14.3 Å². The summed E-state index contributed by atoms with van der Waals surface area (Å²) in [5, 5.41) is 15.6. The molecule has 1 saturated heterocycles. The molecular weight excluding hydrogens is 500 g/mol. The van der Waals surface area contributed by atoms with E-state index in [0.29, 0.717) is 12.8 Å². The topological polar surface area (TPSA) is 154 Å². The zero-order valence-corrected chi connectivity index (χ0v) is 23.9. The Kier molecular flexibility index (Phi) is 9.47. The molecule has 0 aromatic heterocycles. The molecule has 0 radical (unpaired) electrons. The van der Waals surface area contributed by atoms with Gasteiger partial charge < -0.3 is 25.4 Å². The van der Waals surface area contributed by atoms with Crippen LogP contribution in [0.4, 0.5) is 4.79 Å². The first-order chi connectivity index (χ1) is 16.8. The van der Waals surface area contributed by atoms with Gasteiger partial charge in [0.2, 0.25) is 15.9 Å². The molecule has 1 heterocycles. The molecular formula is C25H44N4O7S. The average Bonchev–Trinajstić information content (AvgIpc) is 3.51. The molecule has 0 bridgehead atoms. The number of hydrogen-bond acceptors (Lipinski definition) is 8. The Hall–Kier alpha value is -2.18. The van der Waals surface area contributed by atoms with Crippen molar-refractivity contribution < 1.29 is 32.6 Å². The summed E-state index contributed by atoms with van der Waals surface area (Å²) in [5.74, 6) is -1.08. The zero-order valence-electron chi connectivity index (χ0n) is 23.1. The number of aliphatic hydroxyl groups is 1. The fourth-order valence-electron chi connectivity index (χ4n) is 4.18. The van der Waals surface area contributed by atoms with E-state index in [2.05, 4.69) is 21.9 Å². The molecule has 12 heteroatoms. The molecule has 37 heavy (non-hydrogen) atoms. The predicted molar refractivity (Wildman–Crippen MR) is 140 cm³/mol. The van der Waals surface area contributed by atoms with Crippen molar-refractivity contribution in [1.82, 2.24) is 20.3 Å². The summed E-state index contributed by atoms with van der Waals surface area (Å²) in [7, 11) is -3.74. The van der Waals surface area contributed by atoms with Crippen LogP contribution in [-0.2, 0) is 24.3 Å². The summed E-state index contributed by atoms with van der Waals surface area (Å²) in [5.41, 5.74) is -2.70. The third-order valence-electron chi connectivity index (χ3n) is 6.43. The van der Waals surface area contributed by atoms with Gasteiger partial charge in [0.1, 0.15) is 11.6 Å². The van der Waals surface area contributed by atoms with E-state index in [1.54, 1.807) is 27.7 Å². The summed E-state index contributed by atoms with van der Waals surface area (Å²) in [6, 6.07) is -1.42. The molecule has 1 saturated carbocycles. The van der Waals surface area contributed by atoms with E-state index in [0.717, 1.165) is 0 Å². The summed E-state index contributed by atoms with van der Waals surface area (Å²) in [6.45, 7) is 16.1. The van der Waals surface area contributed by atoms with Gasteiger partial charge in [-0.25, -0.2) is 13.2 Å². The molecule has 2 aliphatic rings. The molecule has 4 N–H and O–H groups in total. The van der Waals surface area contributed by atoms with Crippen LogP contribution in [0.25, 0.3) is 0 Å². The molecule has 1 aliphatic carbocycles. The van der Waals surface area contributed by atoms with E-state index in [1.165, 1.54) is 11.0 Å². The first kappa shape index (κ1) is 31.0. The van der Waals surface area contributed by atoms with Crippen LogP contribution < -0.4 is 15.4 Å². The van der Waals surface area contributed by atoms with Crippen LogP contribution in [0.2, 0.25) is 0 Å². The molecule has 0 unspecified atom stereocenters. The molecule has 4 atom stereocenters. The van der Waals surface area contributed by atoms with Crippen LogP contribution in [0, 0.1) is 5.41 Å². The highest BCUT2D eigenvalue weighted by Gasteiger charge is 2.45. The van der Waals surface area contributed by atoms with Crippen molar-refractivity contribution in [3.05, 3.63) is 12.7 Å². The maximum absolute atomic E-state index is 13.6. The van der Waals surface area contributed by atoms with Crippen molar-refractivity contribution in [1.29, 1.82) is 0 Å². The third kappa shape index (κ3) is 8.68. The smallest absolute Gasteiger partial charge is 0.408 e. The molecule has 2 rings (SSSR count).